The van der Waals surface area contributed by atoms with Crippen molar-refractivity contribution in [3.63, 3.8) is 0 Å². The van der Waals surface area contributed by atoms with E-state index in [0.717, 1.165) is 0 Å². The van der Waals surface area contributed by atoms with Crippen molar-refractivity contribution in [2.45, 2.75) is 34.1 Å². The molecule has 7 nitrogen and oxygen atoms in total. The summed E-state index contributed by atoms with van der Waals surface area (Å²) in [7, 11) is -1.67. The maximum atomic E-state index is 12.2. The highest BCUT2D eigenvalue weighted by Crippen LogP contribution is 2.18. The first-order valence-electron chi connectivity index (χ1n) is 8.61. The number of rotatable bonds is 8. The number of carbonyl (C=O) groups excluding carboxylic acids is 2. The minimum atomic E-state index is -3.20. The van der Waals surface area contributed by atoms with Crippen LogP contribution in [0.5, 0.6) is 0 Å². The predicted molar refractivity (Wildman–Crippen MR) is 104 cm³/mol. The molecule has 8 heteroatoms. The lowest BCUT2D eigenvalue weighted by molar-refractivity contribution is -0.123. The number of hydrogen-bond donors (Lipinski definition) is 2. The van der Waals surface area contributed by atoms with Crippen molar-refractivity contribution in [3.8, 4) is 0 Å². The molecule has 2 N–H and O–H groups in total. The molecule has 0 aromatic heterocycles. The molecule has 0 unspecified atom stereocenters. The molecule has 0 aliphatic rings. The van der Waals surface area contributed by atoms with Gasteiger partial charge in [-0.3, -0.25) is 9.59 Å². The molecule has 0 heterocycles. The molecule has 2 amide bonds. The van der Waals surface area contributed by atoms with E-state index in [1.165, 1.54) is 11.4 Å². The number of sulfonamides is 1. The molecule has 0 fully saturated rings. The number of nitrogens with one attached hydrogen (secondary N) is 2. The molecule has 0 saturated heterocycles. The van der Waals surface area contributed by atoms with E-state index in [1.54, 1.807) is 31.2 Å². The van der Waals surface area contributed by atoms with Crippen LogP contribution < -0.4 is 10.6 Å². The summed E-state index contributed by atoms with van der Waals surface area (Å²) < 4.78 is 24.6. The Morgan fingerprint density at radius 3 is 2.42 bits per heavy atom. The van der Waals surface area contributed by atoms with E-state index in [4.69, 9.17) is 0 Å². The van der Waals surface area contributed by atoms with Gasteiger partial charge in [-0.1, -0.05) is 26.8 Å². The summed E-state index contributed by atoms with van der Waals surface area (Å²) in [6.07, 6.45) is 0.516. The van der Waals surface area contributed by atoms with Gasteiger partial charge in [0, 0.05) is 36.8 Å². The Morgan fingerprint density at radius 1 is 1.19 bits per heavy atom. The first-order chi connectivity index (χ1) is 12.0. The maximum Gasteiger partial charge on any atom is 0.251 e. The van der Waals surface area contributed by atoms with E-state index < -0.39 is 15.4 Å². The van der Waals surface area contributed by atoms with Crippen LogP contribution in [0.15, 0.2) is 24.3 Å². The minimum absolute atomic E-state index is 0.0585. The molecule has 0 spiro atoms. The number of carbonyl (C=O) groups is 2. The van der Waals surface area contributed by atoms with Crippen LogP contribution in [0.3, 0.4) is 0 Å². The van der Waals surface area contributed by atoms with Crippen LogP contribution in [0.25, 0.3) is 0 Å². The molecule has 1 aromatic carbocycles. The van der Waals surface area contributed by atoms with Crippen molar-refractivity contribution in [1.29, 1.82) is 0 Å². The molecular formula is C18H29N3O4S. The van der Waals surface area contributed by atoms with E-state index in [-0.39, 0.29) is 17.6 Å². The highest BCUT2D eigenvalue weighted by Gasteiger charge is 2.21. The van der Waals surface area contributed by atoms with Crippen LogP contribution in [-0.4, -0.2) is 50.4 Å². The molecular weight excluding hydrogens is 354 g/mol. The van der Waals surface area contributed by atoms with Gasteiger partial charge in [0.2, 0.25) is 15.9 Å². The summed E-state index contributed by atoms with van der Waals surface area (Å²) in [5, 5.41) is 5.55. The fraction of sp³-hybridized carbons (Fsp3) is 0.556. The van der Waals surface area contributed by atoms with E-state index >= 15 is 0 Å². The summed E-state index contributed by atoms with van der Waals surface area (Å²) in [4.78, 5) is 24.3. The standard InChI is InChI=1S/C18H29N3O4S/c1-6-26(24,25)21(5)12-8-11-19-16(22)14-9-7-10-15(13-14)20-17(23)18(2,3)4/h7,9-10,13H,6,8,11-12H2,1-5H3,(H,19,22)(H,20,23). The van der Waals surface area contributed by atoms with Gasteiger partial charge >= 0.3 is 0 Å². The van der Waals surface area contributed by atoms with E-state index in [2.05, 4.69) is 10.6 Å². The quantitative estimate of drug-likeness (QED) is 0.672. The van der Waals surface area contributed by atoms with Gasteiger partial charge in [-0.25, -0.2) is 12.7 Å². The topological polar surface area (TPSA) is 95.6 Å². The van der Waals surface area contributed by atoms with Crippen molar-refractivity contribution in [1.82, 2.24) is 9.62 Å². The van der Waals surface area contributed by atoms with Gasteiger partial charge < -0.3 is 10.6 Å². The van der Waals surface area contributed by atoms with Gasteiger partial charge in [0.1, 0.15) is 0 Å². The van der Waals surface area contributed by atoms with Gasteiger partial charge in [-0.15, -0.1) is 0 Å². The fourth-order valence-corrected chi connectivity index (χ4v) is 2.87. The molecule has 0 saturated carbocycles. The Kier molecular flexibility index (Phi) is 7.77. The highest BCUT2D eigenvalue weighted by molar-refractivity contribution is 7.89. The zero-order valence-corrected chi connectivity index (χ0v) is 16.9. The van der Waals surface area contributed by atoms with Gasteiger partial charge in [-0.2, -0.15) is 0 Å². The highest BCUT2D eigenvalue weighted by atomic mass is 32.2. The van der Waals surface area contributed by atoms with Crippen LogP contribution in [0.4, 0.5) is 5.69 Å². The lowest BCUT2D eigenvalue weighted by Gasteiger charge is -2.18. The van der Waals surface area contributed by atoms with Crippen LogP contribution in [0.1, 0.15) is 44.5 Å². The number of amides is 2. The van der Waals surface area contributed by atoms with Crippen molar-refractivity contribution in [2.75, 3.05) is 31.2 Å². The Bertz CT molecular complexity index is 739. The summed E-state index contributed by atoms with van der Waals surface area (Å²) >= 11 is 0. The Hall–Kier alpha value is -1.93. The predicted octanol–water partition coefficient (Wildman–Crippen LogP) is 2.07. The van der Waals surface area contributed by atoms with Crippen LogP contribution >= 0.6 is 0 Å². The van der Waals surface area contributed by atoms with Crippen molar-refractivity contribution >= 4 is 27.5 Å². The number of nitrogens with zero attached hydrogens (tertiary/aromatic N) is 1. The van der Waals surface area contributed by atoms with Crippen LogP contribution in [-0.2, 0) is 14.8 Å². The van der Waals surface area contributed by atoms with Gasteiger partial charge in [-0.05, 0) is 31.5 Å². The molecule has 0 aliphatic heterocycles. The Balaban J connectivity index is 2.56. The maximum absolute atomic E-state index is 12.2. The zero-order valence-electron chi connectivity index (χ0n) is 16.1. The zero-order chi connectivity index (χ0) is 20.0. The number of hydrogen-bond acceptors (Lipinski definition) is 4. The smallest absolute Gasteiger partial charge is 0.251 e. The molecule has 1 aromatic rings. The summed E-state index contributed by atoms with van der Waals surface area (Å²) in [6, 6.07) is 6.71. The van der Waals surface area contributed by atoms with Crippen molar-refractivity contribution in [2.24, 2.45) is 5.41 Å². The van der Waals surface area contributed by atoms with Gasteiger partial charge in [0.25, 0.3) is 5.91 Å². The minimum Gasteiger partial charge on any atom is -0.352 e. The van der Waals surface area contributed by atoms with Crippen LogP contribution in [0, 0.1) is 5.41 Å². The third-order valence-electron chi connectivity index (χ3n) is 3.84. The van der Waals surface area contributed by atoms with E-state index in [9.17, 15) is 18.0 Å². The monoisotopic (exact) mass is 383 g/mol. The average molecular weight is 384 g/mol. The second-order valence-electron chi connectivity index (χ2n) is 7.12. The third-order valence-corrected chi connectivity index (χ3v) is 5.70. The Labute approximate surface area is 156 Å². The van der Waals surface area contributed by atoms with Gasteiger partial charge in [0.15, 0.2) is 0 Å². The molecule has 146 valence electrons. The third kappa shape index (κ3) is 6.76. The second kappa shape index (κ2) is 9.14. The lowest BCUT2D eigenvalue weighted by Crippen LogP contribution is -2.32. The largest absolute Gasteiger partial charge is 0.352 e. The molecule has 26 heavy (non-hydrogen) atoms. The summed E-state index contributed by atoms with van der Waals surface area (Å²) in [5.74, 6) is -0.337. The lowest BCUT2D eigenvalue weighted by atomic mass is 9.95. The molecule has 0 aliphatic carbocycles. The Morgan fingerprint density at radius 2 is 1.85 bits per heavy atom. The van der Waals surface area contributed by atoms with Gasteiger partial charge in [0.05, 0.1) is 5.75 Å². The second-order valence-corrected chi connectivity index (χ2v) is 9.48. The first kappa shape index (κ1) is 22.1. The normalized spacial score (nSPS) is 12.1. The average Bonchev–Trinajstić information content (AvgIpc) is 2.57. The SMILES string of the molecule is CCS(=O)(=O)N(C)CCCNC(=O)c1cccc(NC(=O)C(C)(C)C)c1. The first-order valence-corrected chi connectivity index (χ1v) is 10.2. The van der Waals surface area contributed by atoms with Crippen molar-refractivity contribution in [3.05, 3.63) is 29.8 Å². The summed E-state index contributed by atoms with van der Waals surface area (Å²) in [5.41, 5.74) is 0.473. The van der Waals surface area contributed by atoms with Crippen LogP contribution in [0.2, 0.25) is 0 Å². The number of benzene rings is 1. The number of anilines is 1. The van der Waals surface area contributed by atoms with Crippen molar-refractivity contribution < 1.29 is 18.0 Å². The molecule has 0 atom stereocenters. The van der Waals surface area contributed by atoms with E-state index in [1.807, 2.05) is 20.8 Å². The molecule has 0 radical (unpaired) electrons. The summed E-state index contributed by atoms with van der Waals surface area (Å²) in [6.45, 7) is 7.75. The molecule has 1 rings (SSSR count). The van der Waals surface area contributed by atoms with E-state index in [0.29, 0.717) is 30.8 Å². The molecule has 0 bridgehead atoms. The fourth-order valence-electron chi connectivity index (χ4n) is 2.02.